The standard InChI is InChI=1S/C13H8F3NO2/c14-13(15,16)11-2-1-9(18)7-10(11)12(19)8-3-5-17-6-4-8/h1-7,18H. The van der Waals surface area contributed by atoms with Gasteiger partial charge in [-0.3, -0.25) is 9.78 Å². The Labute approximate surface area is 106 Å². The van der Waals surface area contributed by atoms with Crippen molar-refractivity contribution in [3.05, 3.63) is 59.4 Å². The Morgan fingerprint density at radius 1 is 1.11 bits per heavy atom. The number of aromatic nitrogens is 1. The average molecular weight is 267 g/mol. The molecule has 1 heterocycles. The lowest BCUT2D eigenvalue weighted by Gasteiger charge is -2.12. The number of nitrogens with zero attached hydrogens (tertiary/aromatic N) is 1. The average Bonchev–Trinajstić information content (AvgIpc) is 2.37. The van der Waals surface area contributed by atoms with Gasteiger partial charge in [0.05, 0.1) is 5.56 Å². The highest BCUT2D eigenvalue weighted by Gasteiger charge is 2.35. The second kappa shape index (κ2) is 4.72. The van der Waals surface area contributed by atoms with Gasteiger partial charge >= 0.3 is 6.18 Å². The van der Waals surface area contributed by atoms with Crippen LogP contribution in [-0.4, -0.2) is 15.9 Å². The second-order valence-corrected chi connectivity index (χ2v) is 3.79. The van der Waals surface area contributed by atoms with Crippen molar-refractivity contribution in [2.45, 2.75) is 6.18 Å². The minimum Gasteiger partial charge on any atom is -0.508 e. The zero-order valence-electron chi connectivity index (χ0n) is 9.48. The molecule has 0 fully saturated rings. The molecular weight excluding hydrogens is 259 g/mol. The van der Waals surface area contributed by atoms with Gasteiger partial charge in [0.15, 0.2) is 5.78 Å². The maximum absolute atomic E-state index is 12.8. The van der Waals surface area contributed by atoms with Crippen LogP contribution in [0, 0.1) is 0 Å². The van der Waals surface area contributed by atoms with Crippen molar-refractivity contribution in [1.82, 2.24) is 4.98 Å². The van der Waals surface area contributed by atoms with Crippen molar-refractivity contribution in [1.29, 1.82) is 0 Å². The Morgan fingerprint density at radius 2 is 1.74 bits per heavy atom. The molecule has 0 bridgehead atoms. The Bertz CT molecular complexity index is 609. The van der Waals surface area contributed by atoms with E-state index in [1.807, 2.05) is 0 Å². The highest BCUT2D eigenvalue weighted by Crippen LogP contribution is 2.34. The molecule has 6 heteroatoms. The Hall–Kier alpha value is -2.37. The van der Waals surface area contributed by atoms with E-state index >= 15 is 0 Å². The number of alkyl halides is 3. The summed E-state index contributed by atoms with van der Waals surface area (Å²) in [5.41, 5.74) is -1.59. The van der Waals surface area contributed by atoms with E-state index in [4.69, 9.17) is 0 Å². The van der Waals surface area contributed by atoms with Crippen molar-refractivity contribution in [2.24, 2.45) is 0 Å². The molecule has 3 nitrogen and oxygen atoms in total. The molecule has 0 atom stereocenters. The van der Waals surface area contributed by atoms with Crippen LogP contribution in [0.3, 0.4) is 0 Å². The van der Waals surface area contributed by atoms with Crippen molar-refractivity contribution in [2.75, 3.05) is 0 Å². The van der Waals surface area contributed by atoms with Crippen molar-refractivity contribution in [3.8, 4) is 5.75 Å². The number of phenols is 1. The lowest BCUT2D eigenvalue weighted by Crippen LogP contribution is -2.13. The van der Waals surface area contributed by atoms with Gasteiger partial charge in [-0.25, -0.2) is 0 Å². The summed E-state index contributed by atoms with van der Waals surface area (Å²) in [4.78, 5) is 15.7. The molecule has 0 aliphatic rings. The van der Waals surface area contributed by atoms with Crippen molar-refractivity contribution >= 4 is 5.78 Å². The molecule has 0 aliphatic heterocycles. The summed E-state index contributed by atoms with van der Waals surface area (Å²) in [6.07, 6.45) is -2.04. The van der Waals surface area contributed by atoms with E-state index in [0.29, 0.717) is 6.07 Å². The molecule has 0 radical (unpaired) electrons. The molecule has 1 N–H and O–H groups in total. The number of rotatable bonds is 2. The third kappa shape index (κ3) is 2.73. The van der Waals surface area contributed by atoms with Crippen molar-refractivity contribution < 1.29 is 23.1 Å². The van der Waals surface area contributed by atoms with Crippen LogP contribution in [0.4, 0.5) is 13.2 Å². The normalized spacial score (nSPS) is 11.3. The molecule has 98 valence electrons. The van der Waals surface area contributed by atoms with Crippen LogP contribution >= 0.6 is 0 Å². The molecule has 19 heavy (non-hydrogen) atoms. The van der Waals surface area contributed by atoms with Gasteiger partial charge in [0.1, 0.15) is 5.75 Å². The maximum Gasteiger partial charge on any atom is 0.417 e. The van der Waals surface area contributed by atoms with E-state index < -0.39 is 28.8 Å². The molecule has 0 unspecified atom stereocenters. The molecule has 2 aromatic rings. The number of aromatic hydroxyl groups is 1. The van der Waals surface area contributed by atoms with E-state index in [1.54, 1.807) is 0 Å². The van der Waals surface area contributed by atoms with Crippen LogP contribution in [0.2, 0.25) is 0 Å². The third-order valence-corrected chi connectivity index (χ3v) is 2.50. The van der Waals surface area contributed by atoms with Crippen LogP contribution in [-0.2, 0) is 6.18 Å². The van der Waals surface area contributed by atoms with Gasteiger partial charge in [-0.1, -0.05) is 0 Å². The van der Waals surface area contributed by atoms with Gasteiger partial charge in [0.25, 0.3) is 0 Å². The van der Waals surface area contributed by atoms with Crippen LogP contribution < -0.4 is 0 Å². The summed E-state index contributed by atoms with van der Waals surface area (Å²) in [5, 5.41) is 9.27. The number of carbonyl (C=O) groups is 1. The zero-order valence-corrected chi connectivity index (χ0v) is 9.48. The van der Waals surface area contributed by atoms with E-state index in [0.717, 1.165) is 12.1 Å². The smallest absolute Gasteiger partial charge is 0.417 e. The third-order valence-electron chi connectivity index (χ3n) is 2.50. The molecular formula is C13H8F3NO2. The highest BCUT2D eigenvalue weighted by atomic mass is 19.4. The molecule has 1 aromatic heterocycles. The number of ketones is 1. The number of benzene rings is 1. The summed E-state index contributed by atoms with van der Waals surface area (Å²) in [5.74, 6) is -1.21. The number of carbonyl (C=O) groups excluding carboxylic acids is 1. The molecule has 0 amide bonds. The second-order valence-electron chi connectivity index (χ2n) is 3.79. The first-order valence-electron chi connectivity index (χ1n) is 5.24. The first-order valence-corrected chi connectivity index (χ1v) is 5.24. The van der Waals surface area contributed by atoms with Crippen molar-refractivity contribution in [3.63, 3.8) is 0 Å². The molecule has 2 rings (SSSR count). The zero-order chi connectivity index (χ0) is 14.0. The quantitative estimate of drug-likeness (QED) is 0.851. The van der Waals surface area contributed by atoms with E-state index in [9.17, 15) is 23.1 Å². The number of hydrogen-bond acceptors (Lipinski definition) is 3. The minimum atomic E-state index is -4.66. The summed E-state index contributed by atoms with van der Waals surface area (Å²) in [6.45, 7) is 0. The van der Waals surface area contributed by atoms with Gasteiger partial charge in [-0.05, 0) is 30.3 Å². The summed E-state index contributed by atoms with van der Waals surface area (Å²) < 4.78 is 38.4. The maximum atomic E-state index is 12.8. The lowest BCUT2D eigenvalue weighted by atomic mass is 9.98. The van der Waals surface area contributed by atoms with Crippen LogP contribution in [0.1, 0.15) is 21.5 Å². The van der Waals surface area contributed by atoms with Crippen LogP contribution in [0.15, 0.2) is 42.7 Å². The van der Waals surface area contributed by atoms with Gasteiger partial charge in [-0.15, -0.1) is 0 Å². The fourth-order valence-corrected chi connectivity index (χ4v) is 1.63. The number of hydrogen-bond donors (Lipinski definition) is 1. The Kier molecular flexibility index (Phi) is 3.25. The van der Waals surface area contributed by atoms with Gasteiger partial charge in [0, 0.05) is 23.5 Å². The van der Waals surface area contributed by atoms with E-state index in [1.165, 1.54) is 24.5 Å². The van der Waals surface area contributed by atoms with Crippen LogP contribution in [0.25, 0.3) is 0 Å². The lowest BCUT2D eigenvalue weighted by molar-refractivity contribution is -0.137. The predicted octanol–water partition coefficient (Wildman–Crippen LogP) is 3.04. The largest absolute Gasteiger partial charge is 0.508 e. The first kappa shape index (κ1) is 13.1. The highest BCUT2D eigenvalue weighted by molar-refractivity contribution is 6.10. The van der Waals surface area contributed by atoms with Gasteiger partial charge < -0.3 is 5.11 Å². The monoisotopic (exact) mass is 267 g/mol. The summed E-state index contributed by atoms with van der Waals surface area (Å²) in [6, 6.07) is 5.01. The van der Waals surface area contributed by atoms with Gasteiger partial charge in [0.2, 0.25) is 0 Å². The summed E-state index contributed by atoms with van der Waals surface area (Å²) in [7, 11) is 0. The van der Waals surface area contributed by atoms with Crippen LogP contribution in [0.5, 0.6) is 5.75 Å². The fourth-order valence-electron chi connectivity index (χ4n) is 1.63. The van der Waals surface area contributed by atoms with Gasteiger partial charge in [-0.2, -0.15) is 13.2 Å². The SMILES string of the molecule is O=C(c1ccncc1)c1cc(O)ccc1C(F)(F)F. The molecule has 0 aliphatic carbocycles. The topological polar surface area (TPSA) is 50.2 Å². The number of halogens is 3. The first-order chi connectivity index (χ1) is 8.89. The number of phenolic OH excluding ortho intramolecular Hbond substituents is 1. The predicted molar refractivity (Wildman–Crippen MR) is 60.8 cm³/mol. The Morgan fingerprint density at radius 3 is 2.32 bits per heavy atom. The molecule has 0 spiro atoms. The summed E-state index contributed by atoms with van der Waals surface area (Å²) >= 11 is 0. The molecule has 0 saturated carbocycles. The molecule has 1 aromatic carbocycles. The van der Waals surface area contributed by atoms with E-state index in [-0.39, 0.29) is 5.56 Å². The minimum absolute atomic E-state index is 0.0751. The number of pyridine rings is 1. The Balaban J connectivity index is 2.56. The van der Waals surface area contributed by atoms with E-state index in [2.05, 4.69) is 4.98 Å². The fraction of sp³-hybridized carbons (Fsp3) is 0.0769. The molecule has 0 saturated heterocycles.